The van der Waals surface area contributed by atoms with Crippen molar-refractivity contribution in [2.24, 2.45) is 10.4 Å². The monoisotopic (exact) mass is 520 g/mol. The number of rotatable bonds is 4. The van der Waals surface area contributed by atoms with Gasteiger partial charge < -0.3 is 15.5 Å². The molecule has 25 heavy (non-hydrogen) atoms. The van der Waals surface area contributed by atoms with Crippen LogP contribution in [0, 0.1) is 5.41 Å². The highest BCUT2D eigenvalue weighted by Gasteiger charge is 2.43. The lowest BCUT2D eigenvalue weighted by Gasteiger charge is -2.38. The highest BCUT2D eigenvalue weighted by molar-refractivity contribution is 14.0. The average Bonchev–Trinajstić information content (AvgIpc) is 2.99. The molecule has 3 rings (SSSR count). The molecule has 7 heteroatoms. The van der Waals surface area contributed by atoms with Gasteiger partial charge in [0.05, 0.1) is 0 Å². The van der Waals surface area contributed by atoms with E-state index in [1.54, 1.807) is 0 Å². The Morgan fingerprint density at radius 3 is 2.56 bits per heavy atom. The van der Waals surface area contributed by atoms with E-state index >= 15 is 0 Å². The van der Waals surface area contributed by atoms with Crippen LogP contribution >= 0.6 is 39.9 Å². The van der Waals surface area contributed by atoms with Gasteiger partial charge in [0.2, 0.25) is 5.91 Å². The van der Waals surface area contributed by atoms with Crippen molar-refractivity contribution in [3.8, 4) is 0 Å². The van der Waals surface area contributed by atoms with Crippen molar-refractivity contribution in [3.05, 3.63) is 28.7 Å². The van der Waals surface area contributed by atoms with Gasteiger partial charge in [-0.15, -0.1) is 24.0 Å². The SMILES string of the molecule is CN=C(NCCC(=O)Nc1ccc(Br)cc1)N1CCC2(CCC2)C1.I. The summed E-state index contributed by atoms with van der Waals surface area (Å²) < 4.78 is 1.00. The summed E-state index contributed by atoms with van der Waals surface area (Å²) in [6.45, 7) is 2.78. The summed E-state index contributed by atoms with van der Waals surface area (Å²) in [7, 11) is 1.82. The van der Waals surface area contributed by atoms with Crippen LogP contribution in [0.1, 0.15) is 32.1 Å². The van der Waals surface area contributed by atoms with E-state index in [2.05, 4.69) is 36.5 Å². The number of nitrogens with one attached hydrogen (secondary N) is 2. The van der Waals surface area contributed by atoms with Crippen molar-refractivity contribution in [2.75, 3.05) is 32.0 Å². The maximum absolute atomic E-state index is 12.0. The standard InChI is InChI=1S/C18H25BrN4O.HI/c1-20-17(23-12-10-18(13-23)8-2-9-18)21-11-7-16(24)22-15-5-3-14(19)4-6-15;/h3-6H,2,7-13H2,1H3,(H,20,21)(H,22,24);1H. The van der Waals surface area contributed by atoms with Gasteiger partial charge in [0.25, 0.3) is 0 Å². The third kappa shape index (κ3) is 5.32. The van der Waals surface area contributed by atoms with Crippen molar-refractivity contribution in [2.45, 2.75) is 32.1 Å². The van der Waals surface area contributed by atoms with Crippen LogP contribution in [0.2, 0.25) is 0 Å². The number of guanidine groups is 1. The molecular weight excluding hydrogens is 495 g/mol. The minimum Gasteiger partial charge on any atom is -0.356 e. The topological polar surface area (TPSA) is 56.7 Å². The maximum atomic E-state index is 12.0. The zero-order valence-electron chi connectivity index (χ0n) is 14.6. The number of carbonyl (C=O) groups excluding carboxylic acids is 1. The zero-order chi connectivity index (χ0) is 17.0. The van der Waals surface area contributed by atoms with Gasteiger partial charge in [0.15, 0.2) is 5.96 Å². The third-order valence-corrected chi connectivity index (χ3v) is 5.66. The Morgan fingerprint density at radius 1 is 1.28 bits per heavy atom. The van der Waals surface area contributed by atoms with Crippen molar-refractivity contribution >= 4 is 57.5 Å². The smallest absolute Gasteiger partial charge is 0.226 e. The summed E-state index contributed by atoms with van der Waals surface area (Å²) in [6, 6.07) is 7.60. The minimum absolute atomic E-state index is 0. The molecule has 1 aliphatic carbocycles. The van der Waals surface area contributed by atoms with E-state index in [1.165, 1.54) is 25.7 Å². The van der Waals surface area contributed by atoms with Crippen LogP contribution in [0.5, 0.6) is 0 Å². The Hall–Kier alpha value is -0.830. The predicted molar refractivity (Wildman–Crippen MR) is 117 cm³/mol. The second-order valence-corrected chi connectivity index (χ2v) is 7.72. The van der Waals surface area contributed by atoms with Crippen LogP contribution < -0.4 is 10.6 Å². The van der Waals surface area contributed by atoms with Gasteiger partial charge in [-0.2, -0.15) is 0 Å². The first-order valence-electron chi connectivity index (χ1n) is 8.61. The van der Waals surface area contributed by atoms with Crippen LogP contribution in [-0.2, 0) is 4.79 Å². The fraction of sp³-hybridized carbons (Fsp3) is 0.556. The molecule has 1 aromatic rings. The van der Waals surface area contributed by atoms with E-state index in [4.69, 9.17) is 0 Å². The number of amides is 1. The number of hydrogen-bond acceptors (Lipinski definition) is 2. The van der Waals surface area contributed by atoms with E-state index in [-0.39, 0.29) is 29.9 Å². The first-order valence-corrected chi connectivity index (χ1v) is 9.41. The Kier molecular flexibility index (Phi) is 7.54. The summed E-state index contributed by atoms with van der Waals surface area (Å²) in [5.41, 5.74) is 1.37. The van der Waals surface area contributed by atoms with E-state index in [1.807, 2.05) is 31.3 Å². The fourth-order valence-electron chi connectivity index (χ4n) is 3.58. The molecule has 0 unspecified atom stereocenters. The molecule has 1 saturated carbocycles. The second kappa shape index (κ2) is 9.21. The molecule has 1 saturated heterocycles. The molecule has 0 radical (unpaired) electrons. The number of nitrogens with zero attached hydrogens (tertiary/aromatic N) is 2. The molecule has 1 aromatic carbocycles. The van der Waals surface area contributed by atoms with Gasteiger partial charge >= 0.3 is 0 Å². The van der Waals surface area contributed by atoms with Gasteiger partial charge in [-0.25, -0.2) is 0 Å². The molecule has 1 spiro atoms. The molecule has 1 aliphatic heterocycles. The highest BCUT2D eigenvalue weighted by atomic mass is 127. The van der Waals surface area contributed by atoms with Crippen LogP contribution in [0.15, 0.2) is 33.7 Å². The normalized spacial score (nSPS) is 18.5. The first kappa shape index (κ1) is 20.5. The number of likely N-dealkylation sites (tertiary alicyclic amines) is 1. The molecule has 0 aromatic heterocycles. The van der Waals surface area contributed by atoms with Gasteiger partial charge in [-0.1, -0.05) is 22.4 Å². The number of benzene rings is 1. The maximum Gasteiger partial charge on any atom is 0.226 e. The van der Waals surface area contributed by atoms with E-state index < -0.39 is 0 Å². The van der Waals surface area contributed by atoms with E-state index in [0.29, 0.717) is 18.4 Å². The first-order chi connectivity index (χ1) is 11.6. The molecular formula is C18H26BrIN4O. The Morgan fingerprint density at radius 2 is 2.00 bits per heavy atom. The largest absolute Gasteiger partial charge is 0.356 e. The molecule has 0 atom stereocenters. The van der Waals surface area contributed by atoms with E-state index in [9.17, 15) is 4.79 Å². The number of aliphatic imine (C=N–C) groups is 1. The zero-order valence-corrected chi connectivity index (χ0v) is 18.5. The summed E-state index contributed by atoms with van der Waals surface area (Å²) in [5, 5.41) is 6.24. The fourth-order valence-corrected chi connectivity index (χ4v) is 3.84. The van der Waals surface area contributed by atoms with Gasteiger partial charge in [0, 0.05) is 43.3 Å². The molecule has 1 heterocycles. The molecule has 2 aliphatic rings. The lowest BCUT2D eigenvalue weighted by Crippen LogP contribution is -2.43. The van der Waals surface area contributed by atoms with Crippen LogP contribution in [-0.4, -0.2) is 43.4 Å². The lowest BCUT2D eigenvalue weighted by molar-refractivity contribution is -0.116. The number of carbonyl (C=O) groups is 1. The predicted octanol–water partition coefficient (Wildman–Crippen LogP) is 3.85. The molecule has 5 nitrogen and oxygen atoms in total. The number of anilines is 1. The van der Waals surface area contributed by atoms with Gasteiger partial charge in [-0.05, 0) is 48.9 Å². The summed E-state index contributed by atoms with van der Waals surface area (Å²) >= 11 is 3.39. The van der Waals surface area contributed by atoms with Crippen molar-refractivity contribution in [3.63, 3.8) is 0 Å². The molecule has 2 N–H and O–H groups in total. The van der Waals surface area contributed by atoms with Gasteiger partial charge in [-0.3, -0.25) is 9.79 Å². The number of hydrogen-bond donors (Lipinski definition) is 2. The summed E-state index contributed by atoms with van der Waals surface area (Å²) in [5.74, 6) is 0.937. The van der Waals surface area contributed by atoms with E-state index in [0.717, 1.165) is 29.2 Å². The molecule has 2 fully saturated rings. The molecule has 138 valence electrons. The minimum atomic E-state index is 0. The summed E-state index contributed by atoms with van der Waals surface area (Å²) in [4.78, 5) is 18.7. The Bertz CT molecular complexity index is 616. The molecule has 0 bridgehead atoms. The second-order valence-electron chi connectivity index (χ2n) is 6.80. The lowest BCUT2D eigenvalue weighted by atomic mass is 9.68. The van der Waals surface area contributed by atoms with Gasteiger partial charge in [0.1, 0.15) is 0 Å². The quantitative estimate of drug-likeness (QED) is 0.360. The Labute approximate surface area is 175 Å². The van der Waals surface area contributed by atoms with Crippen LogP contribution in [0.4, 0.5) is 5.69 Å². The van der Waals surface area contributed by atoms with Crippen molar-refractivity contribution in [1.82, 2.24) is 10.2 Å². The number of halogens is 2. The van der Waals surface area contributed by atoms with Crippen molar-refractivity contribution in [1.29, 1.82) is 0 Å². The van der Waals surface area contributed by atoms with Crippen LogP contribution in [0.25, 0.3) is 0 Å². The molecule has 1 amide bonds. The Balaban J connectivity index is 0.00000225. The average molecular weight is 521 g/mol. The van der Waals surface area contributed by atoms with Crippen molar-refractivity contribution < 1.29 is 4.79 Å². The highest BCUT2D eigenvalue weighted by Crippen LogP contribution is 2.47. The summed E-state index contributed by atoms with van der Waals surface area (Å²) in [6.07, 6.45) is 5.79. The third-order valence-electron chi connectivity index (χ3n) is 5.13. The van der Waals surface area contributed by atoms with Crippen LogP contribution in [0.3, 0.4) is 0 Å².